The second-order valence-electron chi connectivity index (χ2n) is 6.69. The van der Waals surface area contributed by atoms with E-state index in [1.54, 1.807) is 13.8 Å². The summed E-state index contributed by atoms with van der Waals surface area (Å²) in [4.78, 5) is 50.2. The number of hydrogen-bond acceptors (Lipinski definition) is 6. The molecule has 2 aromatic rings. The van der Waals surface area contributed by atoms with Gasteiger partial charge in [-0.2, -0.15) is 5.26 Å². The largest absolute Gasteiger partial charge is 0.443 e. The average molecular weight is 379 g/mol. The number of fused-ring (bicyclic) bond motifs is 1. The van der Waals surface area contributed by atoms with Gasteiger partial charge in [0.25, 0.3) is 17.7 Å². The molecule has 3 amide bonds. The standard InChI is InChI=1S/C20H17N3O5/c1-9(2)23-19(26)13-6-5-12(7-14(13)20(23)27)17(25)22-18-15(8-21)16(10(3)24)11(4)28-18/h5-7,9H,1-4H3,(H,22,25). The number of carbonyl (C=O) groups excluding carboxylic acids is 4. The fraction of sp³-hybridized carbons (Fsp3) is 0.250. The highest BCUT2D eigenvalue weighted by atomic mass is 16.4. The molecule has 0 saturated carbocycles. The number of nitriles is 1. The number of nitrogens with one attached hydrogen (secondary N) is 1. The number of Topliss-reactive ketones (excluding diaryl/α,β-unsaturated/α-hetero) is 1. The molecular weight excluding hydrogens is 362 g/mol. The molecule has 8 heteroatoms. The number of furan rings is 1. The van der Waals surface area contributed by atoms with E-state index in [9.17, 15) is 24.4 Å². The van der Waals surface area contributed by atoms with Gasteiger partial charge in [0.1, 0.15) is 17.4 Å². The maximum atomic E-state index is 12.6. The van der Waals surface area contributed by atoms with Crippen LogP contribution in [0.2, 0.25) is 0 Å². The molecule has 0 aliphatic carbocycles. The Bertz CT molecular complexity index is 1090. The zero-order valence-electron chi connectivity index (χ0n) is 15.7. The zero-order valence-corrected chi connectivity index (χ0v) is 15.7. The highest BCUT2D eigenvalue weighted by molar-refractivity contribution is 6.22. The van der Waals surface area contributed by atoms with E-state index in [1.165, 1.54) is 32.0 Å². The van der Waals surface area contributed by atoms with Gasteiger partial charge in [0.05, 0.1) is 16.7 Å². The van der Waals surface area contributed by atoms with E-state index in [-0.39, 0.29) is 51.3 Å². The van der Waals surface area contributed by atoms with Gasteiger partial charge in [-0.1, -0.05) is 0 Å². The highest BCUT2D eigenvalue weighted by Crippen LogP contribution is 2.29. The highest BCUT2D eigenvalue weighted by Gasteiger charge is 2.37. The number of hydrogen-bond donors (Lipinski definition) is 1. The van der Waals surface area contributed by atoms with E-state index < -0.39 is 17.7 Å². The lowest BCUT2D eigenvalue weighted by Crippen LogP contribution is -2.35. The van der Waals surface area contributed by atoms with Crippen molar-refractivity contribution in [3.05, 3.63) is 51.8 Å². The molecule has 0 saturated heterocycles. The van der Waals surface area contributed by atoms with Crippen LogP contribution in [0.3, 0.4) is 0 Å². The van der Waals surface area contributed by atoms with Crippen molar-refractivity contribution < 1.29 is 23.6 Å². The quantitative estimate of drug-likeness (QED) is 0.644. The van der Waals surface area contributed by atoms with Crippen molar-refractivity contribution in [3.63, 3.8) is 0 Å². The summed E-state index contributed by atoms with van der Waals surface area (Å²) in [5.74, 6) is -1.76. The first kappa shape index (κ1) is 19.0. The van der Waals surface area contributed by atoms with Gasteiger partial charge >= 0.3 is 0 Å². The molecule has 0 atom stereocenters. The van der Waals surface area contributed by atoms with Crippen LogP contribution in [0.15, 0.2) is 22.6 Å². The van der Waals surface area contributed by atoms with Crippen molar-refractivity contribution >= 4 is 29.4 Å². The van der Waals surface area contributed by atoms with Crippen molar-refractivity contribution in [1.82, 2.24) is 4.90 Å². The van der Waals surface area contributed by atoms with Crippen LogP contribution in [-0.4, -0.2) is 34.4 Å². The first-order chi connectivity index (χ1) is 13.2. The molecule has 1 N–H and O–H groups in total. The summed E-state index contributed by atoms with van der Waals surface area (Å²) in [7, 11) is 0. The number of amides is 3. The number of imide groups is 1. The van der Waals surface area contributed by atoms with Gasteiger partial charge in [-0.15, -0.1) is 0 Å². The molecule has 1 aliphatic heterocycles. The van der Waals surface area contributed by atoms with Crippen LogP contribution in [0.1, 0.15) is 73.5 Å². The lowest BCUT2D eigenvalue weighted by Gasteiger charge is -2.17. The Labute approximate surface area is 160 Å². The Balaban J connectivity index is 1.94. The molecule has 28 heavy (non-hydrogen) atoms. The summed E-state index contributed by atoms with van der Waals surface area (Å²) in [6.45, 7) is 6.27. The van der Waals surface area contributed by atoms with Crippen molar-refractivity contribution in [2.24, 2.45) is 0 Å². The number of ketones is 1. The van der Waals surface area contributed by atoms with E-state index in [0.717, 1.165) is 4.90 Å². The average Bonchev–Trinajstić information content (AvgIpc) is 3.08. The Hall–Kier alpha value is -3.73. The van der Waals surface area contributed by atoms with Gasteiger partial charge in [0.15, 0.2) is 5.78 Å². The zero-order chi connectivity index (χ0) is 20.7. The Morgan fingerprint density at radius 3 is 2.39 bits per heavy atom. The second-order valence-corrected chi connectivity index (χ2v) is 6.69. The van der Waals surface area contributed by atoms with E-state index in [0.29, 0.717) is 0 Å². The third-order valence-corrected chi connectivity index (χ3v) is 4.47. The SMILES string of the molecule is CC(=O)c1c(C)oc(NC(=O)c2ccc3c(c2)C(=O)N(C(C)C)C3=O)c1C#N. The van der Waals surface area contributed by atoms with Crippen LogP contribution in [0.5, 0.6) is 0 Å². The fourth-order valence-electron chi connectivity index (χ4n) is 3.21. The molecule has 142 valence electrons. The molecule has 0 bridgehead atoms. The summed E-state index contributed by atoms with van der Waals surface area (Å²) in [5, 5.41) is 11.8. The van der Waals surface area contributed by atoms with E-state index in [2.05, 4.69) is 5.32 Å². The number of benzene rings is 1. The molecule has 0 fully saturated rings. The summed E-state index contributed by atoms with van der Waals surface area (Å²) in [6.07, 6.45) is 0. The number of carbonyl (C=O) groups is 4. The molecular formula is C20H17N3O5. The Kier molecular flexibility index (Phi) is 4.61. The lowest BCUT2D eigenvalue weighted by molar-refractivity contribution is 0.0608. The van der Waals surface area contributed by atoms with E-state index >= 15 is 0 Å². The summed E-state index contributed by atoms with van der Waals surface area (Å²) in [5.41, 5.74) is 0.553. The van der Waals surface area contributed by atoms with Crippen molar-refractivity contribution in [2.45, 2.75) is 33.7 Å². The van der Waals surface area contributed by atoms with Crippen molar-refractivity contribution in [3.8, 4) is 6.07 Å². The first-order valence-electron chi connectivity index (χ1n) is 8.55. The van der Waals surface area contributed by atoms with Crippen LogP contribution >= 0.6 is 0 Å². The molecule has 1 aliphatic rings. The molecule has 1 aromatic carbocycles. The van der Waals surface area contributed by atoms with Gasteiger partial charge < -0.3 is 4.42 Å². The van der Waals surface area contributed by atoms with Gasteiger partial charge in [0, 0.05) is 11.6 Å². The monoisotopic (exact) mass is 379 g/mol. The molecule has 0 spiro atoms. The van der Waals surface area contributed by atoms with Crippen LogP contribution in [-0.2, 0) is 0 Å². The third-order valence-electron chi connectivity index (χ3n) is 4.47. The maximum Gasteiger partial charge on any atom is 0.261 e. The molecule has 0 unspecified atom stereocenters. The second kappa shape index (κ2) is 6.78. The van der Waals surface area contributed by atoms with E-state index in [4.69, 9.17) is 4.42 Å². The Morgan fingerprint density at radius 1 is 1.18 bits per heavy atom. The minimum absolute atomic E-state index is 0.0586. The van der Waals surface area contributed by atoms with Crippen LogP contribution in [0, 0.1) is 18.3 Å². The van der Waals surface area contributed by atoms with Crippen molar-refractivity contribution in [2.75, 3.05) is 5.32 Å². The minimum Gasteiger partial charge on any atom is -0.443 e. The summed E-state index contributed by atoms with van der Waals surface area (Å²) >= 11 is 0. The summed E-state index contributed by atoms with van der Waals surface area (Å²) < 4.78 is 5.36. The maximum absolute atomic E-state index is 12.6. The number of rotatable bonds is 4. The predicted molar refractivity (Wildman–Crippen MR) is 98.2 cm³/mol. The first-order valence-corrected chi connectivity index (χ1v) is 8.55. The van der Waals surface area contributed by atoms with Gasteiger partial charge in [-0.25, -0.2) is 0 Å². The smallest absolute Gasteiger partial charge is 0.261 e. The number of aryl methyl sites for hydroxylation is 1. The molecule has 8 nitrogen and oxygen atoms in total. The fourth-order valence-corrected chi connectivity index (χ4v) is 3.21. The lowest BCUT2D eigenvalue weighted by atomic mass is 10.0. The normalized spacial score (nSPS) is 12.9. The molecule has 0 radical (unpaired) electrons. The molecule has 1 aromatic heterocycles. The number of anilines is 1. The molecule has 2 heterocycles. The predicted octanol–water partition coefficient (Wildman–Crippen LogP) is 2.92. The van der Waals surface area contributed by atoms with Crippen molar-refractivity contribution in [1.29, 1.82) is 5.26 Å². The Morgan fingerprint density at radius 2 is 1.82 bits per heavy atom. The summed E-state index contributed by atoms with van der Waals surface area (Å²) in [6, 6.07) is 5.73. The third kappa shape index (κ3) is 2.87. The van der Waals surface area contributed by atoms with Crippen LogP contribution in [0.4, 0.5) is 5.88 Å². The van der Waals surface area contributed by atoms with Gasteiger partial charge in [-0.3, -0.25) is 29.4 Å². The van der Waals surface area contributed by atoms with Gasteiger partial charge in [-0.05, 0) is 45.9 Å². The van der Waals surface area contributed by atoms with Crippen LogP contribution in [0.25, 0.3) is 0 Å². The van der Waals surface area contributed by atoms with Gasteiger partial charge in [0.2, 0.25) is 5.88 Å². The topological polar surface area (TPSA) is 120 Å². The number of nitrogens with zero attached hydrogens (tertiary/aromatic N) is 2. The van der Waals surface area contributed by atoms with E-state index in [1.807, 2.05) is 6.07 Å². The minimum atomic E-state index is -0.633. The molecule has 3 rings (SSSR count). The van der Waals surface area contributed by atoms with Crippen LogP contribution < -0.4 is 5.32 Å².